The van der Waals surface area contributed by atoms with Gasteiger partial charge in [0.25, 0.3) is 0 Å². The number of carboxylic acid groups (broad SMARTS) is 1. The van der Waals surface area contributed by atoms with E-state index in [2.05, 4.69) is 5.32 Å². The van der Waals surface area contributed by atoms with Gasteiger partial charge in [0, 0.05) is 18.1 Å². The number of nitrogens with one attached hydrogen (secondary N) is 1. The van der Waals surface area contributed by atoms with E-state index < -0.39 is 12.0 Å². The second-order valence-electron chi connectivity index (χ2n) is 6.87. The molecule has 1 saturated carbocycles. The lowest BCUT2D eigenvalue weighted by atomic mass is 9.86. The average molecular weight is 363 g/mol. The van der Waals surface area contributed by atoms with Crippen LogP contribution in [0.25, 0.3) is 0 Å². The number of ether oxygens (including phenoxy) is 2. The predicted octanol–water partition coefficient (Wildman–Crippen LogP) is 3.70. The maximum absolute atomic E-state index is 12.4. The fourth-order valence-corrected chi connectivity index (χ4v) is 3.60. The molecule has 0 heterocycles. The molecule has 1 aromatic rings. The van der Waals surface area contributed by atoms with Gasteiger partial charge in [-0.05, 0) is 24.5 Å². The number of methoxy groups -OCH3 is 2. The van der Waals surface area contributed by atoms with Crippen LogP contribution in [0.1, 0.15) is 63.0 Å². The van der Waals surface area contributed by atoms with Crippen molar-refractivity contribution in [1.82, 2.24) is 5.32 Å². The van der Waals surface area contributed by atoms with Crippen molar-refractivity contribution in [3.05, 3.63) is 23.8 Å². The Morgan fingerprint density at radius 2 is 1.92 bits per heavy atom. The predicted molar refractivity (Wildman–Crippen MR) is 98.5 cm³/mol. The van der Waals surface area contributed by atoms with Crippen LogP contribution < -0.4 is 14.8 Å². The molecule has 1 aliphatic rings. The van der Waals surface area contributed by atoms with Gasteiger partial charge in [0.2, 0.25) is 5.91 Å². The van der Waals surface area contributed by atoms with Crippen molar-refractivity contribution in [3.63, 3.8) is 0 Å². The molecule has 1 atom stereocenters. The smallest absolute Gasteiger partial charge is 0.305 e. The van der Waals surface area contributed by atoms with E-state index in [-0.39, 0.29) is 12.3 Å². The summed E-state index contributed by atoms with van der Waals surface area (Å²) in [5, 5.41) is 12.1. The van der Waals surface area contributed by atoms with E-state index in [1.807, 2.05) is 0 Å². The molecular weight excluding hydrogens is 334 g/mol. The fourth-order valence-electron chi connectivity index (χ4n) is 3.60. The highest BCUT2D eigenvalue weighted by Crippen LogP contribution is 2.32. The van der Waals surface area contributed by atoms with E-state index in [0.717, 1.165) is 6.42 Å². The summed E-state index contributed by atoms with van der Waals surface area (Å²) < 4.78 is 10.5. The van der Waals surface area contributed by atoms with Crippen molar-refractivity contribution < 1.29 is 24.2 Å². The quantitative estimate of drug-likeness (QED) is 0.699. The van der Waals surface area contributed by atoms with Crippen LogP contribution in [0, 0.1) is 5.92 Å². The number of rotatable bonds is 9. The van der Waals surface area contributed by atoms with Crippen LogP contribution in [0.5, 0.6) is 11.5 Å². The van der Waals surface area contributed by atoms with Crippen molar-refractivity contribution in [1.29, 1.82) is 0 Å². The molecule has 1 aliphatic carbocycles. The van der Waals surface area contributed by atoms with Gasteiger partial charge in [-0.3, -0.25) is 9.59 Å². The number of aliphatic carboxylic acids is 1. The molecule has 0 aliphatic heterocycles. The van der Waals surface area contributed by atoms with Crippen LogP contribution in [0.15, 0.2) is 18.2 Å². The molecule has 144 valence electrons. The number of carboxylic acids is 1. The summed E-state index contributed by atoms with van der Waals surface area (Å²) in [6.45, 7) is 0. The molecule has 1 unspecified atom stereocenters. The maximum atomic E-state index is 12.4. The van der Waals surface area contributed by atoms with Gasteiger partial charge in [-0.15, -0.1) is 0 Å². The van der Waals surface area contributed by atoms with Gasteiger partial charge >= 0.3 is 5.97 Å². The second-order valence-corrected chi connectivity index (χ2v) is 6.87. The van der Waals surface area contributed by atoms with Gasteiger partial charge in [-0.1, -0.05) is 32.1 Å². The number of hydrogen-bond acceptors (Lipinski definition) is 4. The maximum Gasteiger partial charge on any atom is 0.305 e. The first kappa shape index (κ1) is 20.1. The molecule has 6 nitrogen and oxygen atoms in total. The van der Waals surface area contributed by atoms with Crippen LogP contribution in [0.4, 0.5) is 0 Å². The topological polar surface area (TPSA) is 84.9 Å². The van der Waals surface area contributed by atoms with Gasteiger partial charge in [-0.25, -0.2) is 0 Å². The molecule has 6 heteroatoms. The Bertz CT molecular complexity index is 610. The van der Waals surface area contributed by atoms with Gasteiger partial charge in [0.1, 0.15) is 11.5 Å². The molecule has 0 saturated heterocycles. The molecule has 2 rings (SSSR count). The second kappa shape index (κ2) is 10.0. The molecule has 0 spiro atoms. The summed E-state index contributed by atoms with van der Waals surface area (Å²) in [6.07, 6.45) is 7.27. The van der Waals surface area contributed by atoms with E-state index in [9.17, 15) is 14.7 Å². The van der Waals surface area contributed by atoms with Crippen molar-refractivity contribution in [3.8, 4) is 11.5 Å². The summed E-state index contributed by atoms with van der Waals surface area (Å²) in [5.41, 5.74) is 0.640. The van der Waals surface area contributed by atoms with Crippen LogP contribution in [0.2, 0.25) is 0 Å². The molecule has 1 fully saturated rings. The van der Waals surface area contributed by atoms with Crippen molar-refractivity contribution >= 4 is 11.9 Å². The summed E-state index contributed by atoms with van der Waals surface area (Å²) in [7, 11) is 3.07. The van der Waals surface area contributed by atoms with Crippen molar-refractivity contribution in [2.24, 2.45) is 5.92 Å². The number of carbonyl (C=O) groups is 2. The van der Waals surface area contributed by atoms with Gasteiger partial charge in [0.05, 0.1) is 26.7 Å². The van der Waals surface area contributed by atoms with E-state index >= 15 is 0 Å². The van der Waals surface area contributed by atoms with E-state index in [4.69, 9.17) is 9.47 Å². The molecule has 0 bridgehead atoms. The highest BCUT2D eigenvalue weighted by atomic mass is 16.5. The Labute approximate surface area is 154 Å². The number of carbonyl (C=O) groups excluding carboxylic acids is 1. The third-order valence-electron chi connectivity index (χ3n) is 5.03. The van der Waals surface area contributed by atoms with Crippen molar-refractivity contribution in [2.45, 2.75) is 57.4 Å². The Morgan fingerprint density at radius 1 is 1.19 bits per heavy atom. The third kappa shape index (κ3) is 5.93. The normalized spacial score (nSPS) is 15.9. The lowest BCUT2D eigenvalue weighted by Gasteiger charge is -2.23. The number of benzene rings is 1. The Hall–Kier alpha value is -2.24. The molecule has 26 heavy (non-hydrogen) atoms. The summed E-state index contributed by atoms with van der Waals surface area (Å²) >= 11 is 0. The highest BCUT2D eigenvalue weighted by molar-refractivity contribution is 5.78. The van der Waals surface area contributed by atoms with Gasteiger partial charge in [-0.2, -0.15) is 0 Å². The number of hydrogen-bond donors (Lipinski definition) is 2. The minimum atomic E-state index is -0.972. The lowest BCUT2D eigenvalue weighted by Crippen LogP contribution is -2.30. The zero-order chi connectivity index (χ0) is 18.9. The zero-order valence-corrected chi connectivity index (χ0v) is 15.6. The molecule has 0 radical (unpaired) electrons. The molecule has 2 N–H and O–H groups in total. The Kier molecular flexibility index (Phi) is 7.75. The fraction of sp³-hybridized carbons (Fsp3) is 0.600. The summed E-state index contributed by atoms with van der Waals surface area (Å²) in [6, 6.07) is 4.54. The first-order valence-corrected chi connectivity index (χ1v) is 9.26. The van der Waals surface area contributed by atoms with Crippen molar-refractivity contribution in [2.75, 3.05) is 14.2 Å². The van der Waals surface area contributed by atoms with E-state index in [1.165, 1.54) is 39.2 Å². The minimum Gasteiger partial charge on any atom is -0.497 e. The van der Waals surface area contributed by atoms with E-state index in [0.29, 0.717) is 29.4 Å². The average Bonchev–Trinajstić information content (AvgIpc) is 2.65. The van der Waals surface area contributed by atoms with Gasteiger partial charge < -0.3 is 19.9 Å². The minimum absolute atomic E-state index is 0.111. The van der Waals surface area contributed by atoms with E-state index in [1.54, 1.807) is 25.3 Å². The zero-order valence-electron chi connectivity index (χ0n) is 15.6. The largest absolute Gasteiger partial charge is 0.497 e. The monoisotopic (exact) mass is 363 g/mol. The molecule has 1 aromatic carbocycles. The first-order chi connectivity index (χ1) is 12.5. The van der Waals surface area contributed by atoms with Crippen LogP contribution in [-0.2, 0) is 9.59 Å². The summed E-state index contributed by atoms with van der Waals surface area (Å²) in [4.78, 5) is 23.7. The first-order valence-electron chi connectivity index (χ1n) is 9.26. The Balaban J connectivity index is 2.04. The number of amides is 1. The third-order valence-corrected chi connectivity index (χ3v) is 5.03. The van der Waals surface area contributed by atoms with Crippen LogP contribution >= 0.6 is 0 Å². The Morgan fingerprint density at radius 3 is 2.54 bits per heavy atom. The molecule has 1 amide bonds. The van der Waals surface area contributed by atoms with Crippen LogP contribution in [-0.4, -0.2) is 31.2 Å². The van der Waals surface area contributed by atoms with Crippen LogP contribution in [0.3, 0.4) is 0 Å². The SMILES string of the molecule is COc1ccc(C(CC(=O)O)NC(=O)CCC2CCCCC2)c(OC)c1. The lowest BCUT2D eigenvalue weighted by molar-refractivity contribution is -0.137. The van der Waals surface area contributed by atoms with Gasteiger partial charge in [0.15, 0.2) is 0 Å². The molecule has 0 aromatic heterocycles. The molecular formula is C20H29NO5. The summed E-state index contributed by atoms with van der Waals surface area (Å²) in [5.74, 6) is 0.648. The highest BCUT2D eigenvalue weighted by Gasteiger charge is 2.23. The standard InChI is InChI=1S/C20H29NO5/c1-25-15-9-10-16(18(12-15)26-2)17(13-20(23)24)21-19(22)11-8-14-6-4-3-5-7-14/h9-10,12,14,17H,3-8,11,13H2,1-2H3,(H,21,22)(H,23,24).